The Hall–Kier alpha value is -2.49. The molecule has 0 radical (unpaired) electrons. The summed E-state index contributed by atoms with van der Waals surface area (Å²) in [5, 5.41) is 50.1. The van der Waals surface area contributed by atoms with Crippen LogP contribution in [0.2, 0.25) is 0 Å². The lowest BCUT2D eigenvalue weighted by Crippen LogP contribution is -2.64. The quantitative estimate of drug-likeness (QED) is 0.0124. The Bertz CT molecular complexity index is 1350. The molecular formula is C45H75O14P. The van der Waals surface area contributed by atoms with Crippen LogP contribution in [0.1, 0.15) is 142 Å². The number of allylic oxidation sites excluding steroid dienone is 8. The van der Waals surface area contributed by atoms with Crippen LogP contribution in [-0.2, 0) is 37.4 Å². The molecule has 0 amide bonds. The molecule has 0 aromatic rings. The van der Waals surface area contributed by atoms with Crippen LogP contribution in [0.25, 0.3) is 0 Å². The number of aliphatic hydroxyl groups excluding tert-OH is 5. The van der Waals surface area contributed by atoms with E-state index >= 15 is 0 Å². The van der Waals surface area contributed by atoms with Crippen molar-refractivity contribution in [2.45, 2.75) is 197 Å². The highest BCUT2D eigenvalue weighted by Gasteiger charge is 2.51. The number of hydrogen-bond donors (Lipinski definition) is 6. The summed E-state index contributed by atoms with van der Waals surface area (Å²) in [6.45, 7) is 3.12. The van der Waals surface area contributed by atoms with Gasteiger partial charge in [-0.25, -0.2) is 4.57 Å². The second kappa shape index (κ2) is 32.2. The summed E-state index contributed by atoms with van der Waals surface area (Å²) in [5.41, 5.74) is 0. The molecule has 1 heterocycles. The summed E-state index contributed by atoms with van der Waals surface area (Å²) in [5.74, 6) is -1.19. The fourth-order valence-corrected chi connectivity index (χ4v) is 7.45. The van der Waals surface area contributed by atoms with E-state index in [0.717, 1.165) is 77.0 Å². The first kappa shape index (κ1) is 53.6. The fourth-order valence-electron chi connectivity index (χ4n) is 6.47. The number of phosphoric acid groups is 1. The van der Waals surface area contributed by atoms with Gasteiger partial charge in [-0.05, 0) is 77.0 Å². The summed E-state index contributed by atoms with van der Waals surface area (Å²) in [7, 11) is -5.14. The van der Waals surface area contributed by atoms with Crippen molar-refractivity contribution in [3.63, 3.8) is 0 Å². The normalized spacial score (nSPS) is 26.1. The Labute approximate surface area is 358 Å². The molecule has 344 valence electrons. The number of aliphatic hydroxyl groups is 5. The third-order valence-corrected chi connectivity index (χ3v) is 11.2. The van der Waals surface area contributed by atoms with E-state index in [4.69, 9.17) is 23.3 Å². The van der Waals surface area contributed by atoms with Gasteiger partial charge in [0.25, 0.3) is 0 Å². The first-order chi connectivity index (χ1) is 28.9. The molecule has 2 aliphatic rings. The summed E-state index contributed by atoms with van der Waals surface area (Å²) in [6, 6.07) is 0. The largest absolute Gasteiger partial charge is 0.472 e. The Kier molecular flexibility index (Phi) is 28.8. The smallest absolute Gasteiger partial charge is 0.462 e. The molecule has 14 nitrogen and oxygen atoms in total. The molecule has 0 aromatic carbocycles. The first-order valence-electron chi connectivity index (χ1n) is 22.2. The maximum absolute atomic E-state index is 12.8. The van der Waals surface area contributed by atoms with Gasteiger partial charge in [0.2, 0.25) is 0 Å². The Morgan fingerprint density at radius 1 is 0.583 bits per heavy atom. The van der Waals surface area contributed by atoms with Crippen molar-refractivity contribution in [3.8, 4) is 0 Å². The lowest BCUT2D eigenvalue weighted by atomic mass is 9.85. The van der Waals surface area contributed by atoms with Gasteiger partial charge in [-0.15, -0.1) is 0 Å². The van der Waals surface area contributed by atoms with Crippen LogP contribution in [0.3, 0.4) is 0 Å². The lowest BCUT2D eigenvalue weighted by molar-refractivity contribution is -0.220. The molecule has 2 rings (SSSR count). The van der Waals surface area contributed by atoms with Crippen LogP contribution >= 0.6 is 7.82 Å². The molecule has 15 heteroatoms. The molecule has 6 N–H and O–H groups in total. The maximum atomic E-state index is 12.8. The number of carbonyl (C=O) groups is 2. The second-order valence-corrected chi connectivity index (χ2v) is 17.0. The van der Waals surface area contributed by atoms with Crippen LogP contribution in [0.4, 0.5) is 0 Å². The van der Waals surface area contributed by atoms with Crippen molar-refractivity contribution in [3.05, 3.63) is 60.8 Å². The average molecular weight is 871 g/mol. The average Bonchev–Trinajstić information content (AvgIpc) is 3.99. The second-order valence-electron chi connectivity index (χ2n) is 15.6. The molecule has 5 unspecified atom stereocenters. The molecule has 0 aromatic heterocycles. The van der Waals surface area contributed by atoms with E-state index < -0.39 is 75.7 Å². The molecular weight excluding hydrogens is 795 g/mol. The van der Waals surface area contributed by atoms with E-state index in [0.29, 0.717) is 25.4 Å². The third kappa shape index (κ3) is 24.2. The van der Waals surface area contributed by atoms with E-state index in [1.165, 1.54) is 19.3 Å². The molecule has 10 atom stereocenters. The maximum Gasteiger partial charge on any atom is 0.472 e. The standard InChI is InChI=1S/C45H75O14P/c1-3-5-7-9-11-12-13-14-15-16-19-23-27-31-38(46)55-33-35(34-56-60(53,54)59-45-43(51)41(49)40(48)42(50)44(45)52)57-39(47)32-28-24-20-17-18-22-26-30-37-36(58-37)29-25-21-10-8-6-4-2/h7,9,12-13,17,20-22,25-26,35-37,40-45,48-52H,3-6,8,10-11,14-16,18-19,23-24,27-34H2,1-2H3,(H,53,54)/b9-7-,13-12-,20-17-,25-21-,26-22-/t35-,36?,37?,40?,41-,42+,43-,44-,45?/m1/s1. The first-order valence-corrected chi connectivity index (χ1v) is 23.7. The fraction of sp³-hybridized carbons (Fsp3) is 0.733. The zero-order valence-electron chi connectivity index (χ0n) is 35.9. The number of carbonyl (C=O) groups excluding carboxylic acids is 2. The van der Waals surface area contributed by atoms with Gasteiger partial charge in [0.15, 0.2) is 6.10 Å². The molecule has 0 spiro atoms. The van der Waals surface area contributed by atoms with Crippen molar-refractivity contribution >= 4 is 19.8 Å². The van der Waals surface area contributed by atoms with Crippen LogP contribution in [0.5, 0.6) is 0 Å². The Morgan fingerprint density at radius 3 is 1.72 bits per heavy atom. The van der Waals surface area contributed by atoms with Crippen molar-refractivity contribution in [1.29, 1.82) is 0 Å². The number of rotatable bonds is 34. The van der Waals surface area contributed by atoms with Gasteiger partial charge < -0.3 is 44.6 Å². The Balaban J connectivity index is 1.76. The number of esters is 2. The zero-order valence-corrected chi connectivity index (χ0v) is 36.8. The van der Waals surface area contributed by atoms with Gasteiger partial charge in [-0.3, -0.25) is 18.6 Å². The van der Waals surface area contributed by atoms with Crippen LogP contribution < -0.4 is 0 Å². The highest BCUT2D eigenvalue weighted by molar-refractivity contribution is 7.47. The summed E-state index contributed by atoms with van der Waals surface area (Å²) < 4.78 is 39.1. The highest BCUT2D eigenvalue weighted by Crippen LogP contribution is 2.47. The number of ether oxygens (including phenoxy) is 3. The molecule has 0 bridgehead atoms. The lowest BCUT2D eigenvalue weighted by Gasteiger charge is -2.41. The predicted octanol–water partition coefficient (Wildman–Crippen LogP) is 7.15. The van der Waals surface area contributed by atoms with Crippen molar-refractivity contribution in [1.82, 2.24) is 0 Å². The zero-order chi connectivity index (χ0) is 44.0. The monoisotopic (exact) mass is 870 g/mol. The topological polar surface area (TPSA) is 222 Å². The molecule has 60 heavy (non-hydrogen) atoms. The minimum atomic E-state index is -5.14. The molecule has 1 saturated heterocycles. The number of hydrogen-bond acceptors (Lipinski definition) is 13. The van der Waals surface area contributed by atoms with Crippen LogP contribution in [0, 0.1) is 0 Å². The highest BCUT2D eigenvalue weighted by atomic mass is 31.2. The number of phosphoric ester groups is 1. The van der Waals surface area contributed by atoms with E-state index in [2.05, 4.69) is 62.5 Å². The minimum Gasteiger partial charge on any atom is -0.462 e. The van der Waals surface area contributed by atoms with Gasteiger partial charge in [-0.2, -0.15) is 0 Å². The minimum absolute atomic E-state index is 0.00965. The number of unbranched alkanes of at least 4 members (excludes halogenated alkanes) is 10. The van der Waals surface area contributed by atoms with Gasteiger partial charge in [-0.1, -0.05) is 113 Å². The molecule has 1 saturated carbocycles. The van der Waals surface area contributed by atoms with Crippen LogP contribution in [0.15, 0.2) is 60.8 Å². The van der Waals surface area contributed by atoms with Gasteiger partial charge in [0.05, 0.1) is 18.8 Å². The van der Waals surface area contributed by atoms with Crippen molar-refractivity contribution in [2.75, 3.05) is 13.2 Å². The van der Waals surface area contributed by atoms with E-state index in [1.54, 1.807) is 0 Å². The van der Waals surface area contributed by atoms with Crippen molar-refractivity contribution < 1.29 is 67.8 Å². The van der Waals surface area contributed by atoms with E-state index in [1.807, 2.05) is 12.2 Å². The van der Waals surface area contributed by atoms with Gasteiger partial charge in [0, 0.05) is 12.8 Å². The number of epoxide rings is 1. The molecule has 1 aliphatic heterocycles. The van der Waals surface area contributed by atoms with Gasteiger partial charge >= 0.3 is 19.8 Å². The SMILES string of the molecule is CCC/C=C\C/C=C\CCCCCCCC(=O)OC[C@H](COP(=O)(O)OC1[C@H](O)[C@H](O)C(O)[C@H](O)[C@H]1O)OC(=O)CCC/C=C\C/C=C\CC1OC1C/C=C\CCCCC. The summed E-state index contributed by atoms with van der Waals surface area (Å²) in [4.78, 5) is 35.6. The van der Waals surface area contributed by atoms with Gasteiger partial charge in [0.1, 0.15) is 43.2 Å². The Morgan fingerprint density at radius 2 is 1.08 bits per heavy atom. The van der Waals surface area contributed by atoms with E-state index in [-0.39, 0.29) is 18.9 Å². The van der Waals surface area contributed by atoms with E-state index in [9.17, 15) is 44.6 Å². The predicted molar refractivity (Wildman–Crippen MR) is 230 cm³/mol. The molecule has 2 fully saturated rings. The van der Waals surface area contributed by atoms with Crippen molar-refractivity contribution in [2.24, 2.45) is 0 Å². The van der Waals surface area contributed by atoms with Crippen LogP contribution in [-0.4, -0.2) is 111 Å². The summed E-state index contributed by atoms with van der Waals surface area (Å²) in [6.07, 6.45) is 26.0. The summed E-state index contributed by atoms with van der Waals surface area (Å²) >= 11 is 0. The third-order valence-electron chi connectivity index (χ3n) is 10.2. The molecule has 1 aliphatic carbocycles.